The Bertz CT molecular complexity index is 474. The van der Waals surface area contributed by atoms with Crippen molar-refractivity contribution >= 4 is 23.2 Å². The van der Waals surface area contributed by atoms with Gasteiger partial charge in [-0.15, -0.1) is 11.3 Å². The third kappa shape index (κ3) is 2.50. The summed E-state index contributed by atoms with van der Waals surface area (Å²) in [5.41, 5.74) is 0. The molecule has 2 aliphatic heterocycles. The third-order valence-electron chi connectivity index (χ3n) is 3.72. The van der Waals surface area contributed by atoms with Crippen LogP contribution in [0.3, 0.4) is 0 Å². The molecule has 1 atom stereocenters. The molecule has 102 valence electrons. The van der Waals surface area contributed by atoms with E-state index in [9.17, 15) is 9.59 Å². The van der Waals surface area contributed by atoms with E-state index in [1.165, 1.54) is 4.88 Å². The van der Waals surface area contributed by atoms with E-state index in [0.29, 0.717) is 19.6 Å². The van der Waals surface area contributed by atoms with Gasteiger partial charge >= 0.3 is 11.8 Å². The number of fused-ring (bicyclic) bond motifs is 1. The summed E-state index contributed by atoms with van der Waals surface area (Å²) in [6, 6.07) is 4.22. The normalized spacial score (nSPS) is 23.7. The molecule has 1 unspecified atom stereocenters. The van der Waals surface area contributed by atoms with Gasteiger partial charge in [-0.25, -0.2) is 0 Å². The third-order valence-corrected chi connectivity index (χ3v) is 4.66. The molecule has 0 spiro atoms. The molecule has 2 aliphatic rings. The van der Waals surface area contributed by atoms with Gasteiger partial charge < -0.3 is 15.1 Å². The summed E-state index contributed by atoms with van der Waals surface area (Å²) in [6.07, 6.45) is 0.830. The molecule has 6 heteroatoms. The Morgan fingerprint density at radius 2 is 2.26 bits per heavy atom. The van der Waals surface area contributed by atoms with Crippen molar-refractivity contribution in [3.63, 3.8) is 0 Å². The fourth-order valence-corrected chi connectivity index (χ4v) is 3.38. The van der Waals surface area contributed by atoms with Gasteiger partial charge in [0, 0.05) is 37.6 Å². The number of carbonyl (C=O) groups is 2. The van der Waals surface area contributed by atoms with Crippen molar-refractivity contribution in [1.82, 2.24) is 15.1 Å². The Balaban J connectivity index is 1.65. The molecular weight excluding hydrogens is 262 g/mol. The number of thiophene rings is 1. The average Bonchev–Trinajstić information content (AvgIpc) is 2.94. The molecule has 0 aromatic carbocycles. The number of hydrogen-bond donors (Lipinski definition) is 1. The Morgan fingerprint density at radius 3 is 3.05 bits per heavy atom. The van der Waals surface area contributed by atoms with Crippen LogP contribution in [0, 0.1) is 0 Å². The zero-order valence-electron chi connectivity index (χ0n) is 10.7. The molecular formula is C13H17N3O2S. The Morgan fingerprint density at radius 1 is 1.37 bits per heavy atom. The van der Waals surface area contributed by atoms with Crippen LogP contribution in [0.4, 0.5) is 0 Å². The minimum atomic E-state index is -0.338. The van der Waals surface area contributed by atoms with Crippen molar-refractivity contribution in [3.05, 3.63) is 22.4 Å². The number of piperazine rings is 2. The molecule has 2 fully saturated rings. The topological polar surface area (TPSA) is 52.7 Å². The average molecular weight is 279 g/mol. The standard InChI is InChI=1S/C13H17N3O2S/c17-12-13(18)16-6-4-14-8-10(16)9-15(12)5-3-11-2-1-7-19-11/h1-2,7,10,14H,3-6,8-9H2. The number of rotatable bonds is 3. The second-order valence-electron chi connectivity index (χ2n) is 4.94. The second kappa shape index (κ2) is 5.30. The van der Waals surface area contributed by atoms with Crippen molar-refractivity contribution in [1.29, 1.82) is 0 Å². The lowest BCUT2D eigenvalue weighted by Crippen LogP contribution is -2.65. The molecule has 3 rings (SSSR count). The van der Waals surface area contributed by atoms with Crippen molar-refractivity contribution < 1.29 is 9.59 Å². The van der Waals surface area contributed by atoms with Crippen LogP contribution in [0.1, 0.15) is 4.88 Å². The van der Waals surface area contributed by atoms with Crippen molar-refractivity contribution in [2.75, 3.05) is 32.7 Å². The molecule has 1 aromatic rings. The maximum absolute atomic E-state index is 12.1. The Labute approximate surface area is 116 Å². The first-order valence-corrected chi connectivity index (χ1v) is 7.46. The van der Waals surface area contributed by atoms with Crippen LogP contribution in [0.2, 0.25) is 0 Å². The van der Waals surface area contributed by atoms with E-state index in [1.54, 1.807) is 21.1 Å². The lowest BCUT2D eigenvalue weighted by atomic mass is 10.1. The molecule has 0 saturated carbocycles. The largest absolute Gasteiger partial charge is 0.332 e. The second-order valence-corrected chi connectivity index (χ2v) is 5.97. The van der Waals surface area contributed by atoms with E-state index in [0.717, 1.165) is 19.5 Å². The summed E-state index contributed by atoms with van der Waals surface area (Å²) in [4.78, 5) is 28.8. The van der Waals surface area contributed by atoms with Gasteiger partial charge in [-0.3, -0.25) is 9.59 Å². The molecule has 0 aliphatic carbocycles. The first-order chi connectivity index (χ1) is 9.25. The highest BCUT2D eigenvalue weighted by Crippen LogP contribution is 2.16. The van der Waals surface area contributed by atoms with E-state index in [1.807, 2.05) is 11.4 Å². The quantitative estimate of drug-likeness (QED) is 0.788. The first-order valence-electron chi connectivity index (χ1n) is 6.58. The smallest absolute Gasteiger partial charge is 0.312 e. The van der Waals surface area contributed by atoms with Gasteiger partial charge in [-0.05, 0) is 17.9 Å². The fourth-order valence-electron chi connectivity index (χ4n) is 2.68. The molecule has 1 aromatic heterocycles. The number of hydrogen-bond acceptors (Lipinski definition) is 4. The minimum absolute atomic E-state index is 0.141. The van der Waals surface area contributed by atoms with Crippen LogP contribution < -0.4 is 5.32 Å². The first kappa shape index (κ1) is 12.6. The van der Waals surface area contributed by atoms with Crippen LogP contribution in [-0.2, 0) is 16.0 Å². The Kier molecular flexibility index (Phi) is 3.52. The zero-order chi connectivity index (χ0) is 13.2. The summed E-state index contributed by atoms with van der Waals surface area (Å²) in [7, 11) is 0. The van der Waals surface area contributed by atoms with Crippen molar-refractivity contribution in [2.45, 2.75) is 12.5 Å². The summed E-state index contributed by atoms with van der Waals surface area (Å²) < 4.78 is 0. The van der Waals surface area contributed by atoms with E-state index in [-0.39, 0.29) is 17.9 Å². The lowest BCUT2D eigenvalue weighted by molar-refractivity contribution is -0.159. The van der Waals surface area contributed by atoms with E-state index < -0.39 is 0 Å². The Hall–Kier alpha value is -1.40. The monoisotopic (exact) mass is 279 g/mol. The highest BCUT2D eigenvalue weighted by molar-refractivity contribution is 7.09. The van der Waals surface area contributed by atoms with Crippen molar-refractivity contribution in [3.8, 4) is 0 Å². The van der Waals surface area contributed by atoms with Gasteiger partial charge in [0.15, 0.2) is 0 Å². The molecule has 3 heterocycles. The van der Waals surface area contributed by atoms with E-state index >= 15 is 0 Å². The van der Waals surface area contributed by atoms with Crippen LogP contribution in [0.15, 0.2) is 17.5 Å². The molecule has 2 saturated heterocycles. The van der Waals surface area contributed by atoms with Gasteiger partial charge in [0.2, 0.25) is 0 Å². The van der Waals surface area contributed by atoms with Crippen molar-refractivity contribution in [2.24, 2.45) is 0 Å². The van der Waals surface area contributed by atoms with E-state index in [4.69, 9.17) is 0 Å². The summed E-state index contributed by atoms with van der Waals surface area (Å²) in [6.45, 7) is 3.51. The summed E-state index contributed by atoms with van der Waals surface area (Å²) in [5, 5.41) is 5.31. The minimum Gasteiger partial charge on any atom is -0.332 e. The van der Waals surface area contributed by atoms with Crippen LogP contribution >= 0.6 is 11.3 Å². The molecule has 0 radical (unpaired) electrons. The van der Waals surface area contributed by atoms with Crippen LogP contribution in [-0.4, -0.2) is 60.4 Å². The fraction of sp³-hybridized carbons (Fsp3) is 0.538. The molecule has 1 N–H and O–H groups in total. The maximum Gasteiger partial charge on any atom is 0.312 e. The van der Waals surface area contributed by atoms with E-state index in [2.05, 4.69) is 11.4 Å². The number of carbonyl (C=O) groups excluding carboxylic acids is 2. The van der Waals surface area contributed by atoms with Gasteiger partial charge in [-0.1, -0.05) is 6.07 Å². The lowest BCUT2D eigenvalue weighted by Gasteiger charge is -2.43. The highest BCUT2D eigenvalue weighted by atomic mass is 32.1. The number of nitrogens with one attached hydrogen (secondary N) is 1. The molecule has 0 bridgehead atoms. The van der Waals surface area contributed by atoms with Gasteiger partial charge in [0.25, 0.3) is 0 Å². The zero-order valence-corrected chi connectivity index (χ0v) is 11.5. The molecule has 5 nitrogen and oxygen atoms in total. The number of nitrogens with zero attached hydrogens (tertiary/aromatic N) is 2. The summed E-state index contributed by atoms with van der Waals surface area (Å²) >= 11 is 1.69. The number of amides is 2. The van der Waals surface area contributed by atoms with Gasteiger partial charge in [0.05, 0.1) is 6.04 Å². The van der Waals surface area contributed by atoms with Crippen LogP contribution in [0.25, 0.3) is 0 Å². The van der Waals surface area contributed by atoms with Gasteiger partial charge in [0.1, 0.15) is 0 Å². The SMILES string of the molecule is O=C1C(=O)N2CCNCC2CN1CCc1cccs1. The predicted molar refractivity (Wildman–Crippen MR) is 73.0 cm³/mol. The highest BCUT2D eigenvalue weighted by Gasteiger charge is 2.39. The molecule has 2 amide bonds. The molecule has 19 heavy (non-hydrogen) atoms. The maximum atomic E-state index is 12.1. The van der Waals surface area contributed by atoms with Crippen LogP contribution in [0.5, 0.6) is 0 Å². The predicted octanol–water partition coefficient (Wildman–Crippen LogP) is -0.0668. The van der Waals surface area contributed by atoms with Gasteiger partial charge in [-0.2, -0.15) is 0 Å². The summed E-state index contributed by atoms with van der Waals surface area (Å²) in [5.74, 6) is -0.668.